The van der Waals surface area contributed by atoms with E-state index in [2.05, 4.69) is 11.8 Å². The van der Waals surface area contributed by atoms with Crippen molar-refractivity contribution in [1.29, 1.82) is 0 Å². The average molecular weight is 384 g/mol. The van der Waals surface area contributed by atoms with Gasteiger partial charge in [-0.3, -0.25) is 0 Å². The van der Waals surface area contributed by atoms with Crippen molar-refractivity contribution < 1.29 is 19.7 Å². The Morgan fingerprint density at radius 2 is 1.96 bits per heavy atom. The van der Waals surface area contributed by atoms with E-state index in [9.17, 15) is 15.0 Å². The number of benzene rings is 1. The van der Waals surface area contributed by atoms with Crippen LogP contribution in [0.2, 0.25) is 0 Å². The van der Waals surface area contributed by atoms with Crippen molar-refractivity contribution in [3.8, 4) is 11.8 Å². The molecule has 1 saturated carbocycles. The van der Waals surface area contributed by atoms with Crippen LogP contribution in [0.5, 0.6) is 0 Å². The Kier molecular flexibility index (Phi) is 6.68. The second kappa shape index (κ2) is 9.18. The maximum Gasteiger partial charge on any atom is 0.348 e. The molecule has 1 heterocycles. The number of carbonyl (C=O) groups excluding carboxylic acids is 1. The Bertz CT molecular complexity index is 818. The van der Waals surface area contributed by atoms with E-state index in [1.807, 2.05) is 36.4 Å². The molecule has 2 aromatic rings. The van der Waals surface area contributed by atoms with Gasteiger partial charge in [0.2, 0.25) is 0 Å². The molecule has 142 valence electrons. The summed E-state index contributed by atoms with van der Waals surface area (Å²) in [6, 6.07) is 13.4. The van der Waals surface area contributed by atoms with E-state index in [1.165, 1.54) is 18.4 Å². The first-order valence-corrected chi connectivity index (χ1v) is 10.00. The second-order valence-electron chi connectivity index (χ2n) is 6.85. The van der Waals surface area contributed by atoms with Crippen molar-refractivity contribution in [3.63, 3.8) is 0 Å². The van der Waals surface area contributed by atoms with Gasteiger partial charge < -0.3 is 14.9 Å². The summed E-state index contributed by atoms with van der Waals surface area (Å²) in [5.74, 6) is 5.76. The maximum absolute atomic E-state index is 11.5. The summed E-state index contributed by atoms with van der Waals surface area (Å²) in [4.78, 5) is 13.3. The van der Waals surface area contributed by atoms with E-state index in [-0.39, 0.29) is 17.8 Å². The van der Waals surface area contributed by atoms with Gasteiger partial charge in [-0.2, -0.15) is 0 Å². The monoisotopic (exact) mass is 384 g/mol. The number of thiophene rings is 1. The standard InChI is InChI=1S/C22H24O4S/c1-26-22(25)21-13-11-16(27-21)8-5-9-17-18(20(24)14-19(17)23)12-10-15-6-3-2-4-7-15/h2-4,6-7,11,13,17-20,23-24H,5,8-9,14H2,1H3/t17-,18-,19+,20-/m1/s1. The topological polar surface area (TPSA) is 66.8 Å². The van der Waals surface area contributed by atoms with Crippen molar-refractivity contribution in [1.82, 2.24) is 0 Å². The zero-order valence-corrected chi connectivity index (χ0v) is 16.1. The van der Waals surface area contributed by atoms with Crippen molar-refractivity contribution in [2.24, 2.45) is 11.8 Å². The average Bonchev–Trinajstić information content (AvgIpc) is 3.25. The van der Waals surface area contributed by atoms with Gasteiger partial charge in [0.25, 0.3) is 0 Å². The van der Waals surface area contributed by atoms with Crippen molar-refractivity contribution in [3.05, 3.63) is 57.8 Å². The van der Waals surface area contributed by atoms with Gasteiger partial charge in [0.05, 0.1) is 25.2 Å². The van der Waals surface area contributed by atoms with E-state index >= 15 is 0 Å². The lowest BCUT2D eigenvalue weighted by Gasteiger charge is -2.18. The molecule has 3 rings (SSSR count). The third-order valence-electron chi connectivity index (χ3n) is 5.02. The Balaban J connectivity index is 1.59. The molecule has 0 amide bonds. The number of hydrogen-bond donors (Lipinski definition) is 2. The molecule has 1 aromatic heterocycles. The molecule has 1 aliphatic carbocycles. The van der Waals surface area contributed by atoms with Gasteiger partial charge >= 0.3 is 5.97 Å². The van der Waals surface area contributed by atoms with E-state index in [0.29, 0.717) is 11.3 Å². The number of esters is 1. The van der Waals surface area contributed by atoms with Gasteiger partial charge in [0, 0.05) is 22.8 Å². The number of aliphatic hydroxyl groups excluding tert-OH is 2. The highest BCUT2D eigenvalue weighted by atomic mass is 32.1. The normalized spacial score (nSPS) is 24.3. The fraction of sp³-hybridized carbons (Fsp3) is 0.409. The molecule has 0 radical (unpaired) electrons. The second-order valence-corrected chi connectivity index (χ2v) is 8.01. The minimum atomic E-state index is -0.589. The lowest BCUT2D eigenvalue weighted by atomic mass is 9.89. The molecule has 5 heteroatoms. The van der Waals surface area contributed by atoms with Crippen LogP contribution in [0.1, 0.15) is 39.4 Å². The summed E-state index contributed by atoms with van der Waals surface area (Å²) in [5.41, 5.74) is 0.916. The Labute approximate surface area is 163 Å². The number of methoxy groups -OCH3 is 1. The molecule has 0 spiro atoms. The first-order chi connectivity index (χ1) is 13.1. The highest BCUT2D eigenvalue weighted by Gasteiger charge is 2.40. The van der Waals surface area contributed by atoms with Crippen molar-refractivity contribution in [2.45, 2.75) is 37.9 Å². The molecule has 0 unspecified atom stereocenters. The van der Waals surface area contributed by atoms with E-state index in [1.54, 1.807) is 6.07 Å². The van der Waals surface area contributed by atoms with Crippen LogP contribution in [0.15, 0.2) is 42.5 Å². The molecule has 0 aliphatic heterocycles. The molecule has 27 heavy (non-hydrogen) atoms. The fourth-order valence-corrected chi connectivity index (χ4v) is 4.56. The minimum absolute atomic E-state index is 0.0312. The molecule has 2 N–H and O–H groups in total. The SMILES string of the molecule is COC(=O)c1ccc(CCC[C@@H]2[C@@H](C#Cc3ccccc3)[C@H](O)C[C@@H]2O)s1. The summed E-state index contributed by atoms with van der Waals surface area (Å²) in [6.07, 6.45) is 1.76. The van der Waals surface area contributed by atoms with Crippen LogP contribution in [0.25, 0.3) is 0 Å². The molecule has 4 nitrogen and oxygen atoms in total. The molecule has 0 bridgehead atoms. The van der Waals surface area contributed by atoms with Gasteiger partial charge in [-0.25, -0.2) is 4.79 Å². The van der Waals surface area contributed by atoms with Gasteiger partial charge in [0.1, 0.15) is 4.88 Å². The molecular formula is C22H24O4S. The third kappa shape index (κ3) is 4.98. The number of aryl methyl sites for hydroxylation is 1. The minimum Gasteiger partial charge on any atom is -0.465 e. The van der Waals surface area contributed by atoms with Crippen LogP contribution in [0.4, 0.5) is 0 Å². The molecule has 0 saturated heterocycles. The predicted molar refractivity (Wildman–Crippen MR) is 106 cm³/mol. The largest absolute Gasteiger partial charge is 0.465 e. The number of aliphatic hydroxyl groups is 2. The smallest absolute Gasteiger partial charge is 0.348 e. The summed E-state index contributed by atoms with van der Waals surface area (Å²) >= 11 is 1.44. The summed E-state index contributed by atoms with van der Waals surface area (Å²) in [6.45, 7) is 0. The quantitative estimate of drug-likeness (QED) is 0.613. The van der Waals surface area contributed by atoms with Gasteiger partial charge in [0.15, 0.2) is 0 Å². The lowest BCUT2D eigenvalue weighted by molar-refractivity contribution is 0.0606. The first-order valence-electron chi connectivity index (χ1n) is 9.18. The molecule has 1 aliphatic rings. The molecular weight excluding hydrogens is 360 g/mol. The highest BCUT2D eigenvalue weighted by molar-refractivity contribution is 7.13. The van der Waals surface area contributed by atoms with Gasteiger partial charge in [-0.1, -0.05) is 30.0 Å². The maximum atomic E-state index is 11.5. The van der Waals surface area contributed by atoms with Crippen molar-refractivity contribution >= 4 is 17.3 Å². The van der Waals surface area contributed by atoms with Crippen LogP contribution in [-0.4, -0.2) is 35.5 Å². The van der Waals surface area contributed by atoms with Crippen LogP contribution in [0.3, 0.4) is 0 Å². The highest BCUT2D eigenvalue weighted by Crippen LogP contribution is 2.36. The van der Waals surface area contributed by atoms with Crippen LogP contribution >= 0.6 is 11.3 Å². The van der Waals surface area contributed by atoms with Crippen LogP contribution in [-0.2, 0) is 11.2 Å². The summed E-state index contributed by atoms with van der Waals surface area (Å²) in [7, 11) is 1.38. The number of carbonyl (C=O) groups is 1. The molecule has 1 fully saturated rings. The van der Waals surface area contributed by atoms with E-state index < -0.39 is 12.2 Å². The van der Waals surface area contributed by atoms with E-state index in [4.69, 9.17) is 4.74 Å². The van der Waals surface area contributed by atoms with Crippen molar-refractivity contribution in [2.75, 3.05) is 7.11 Å². The number of rotatable bonds is 5. The Morgan fingerprint density at radius 1 is 1.19 bits per heavy atom. The molecule has 1 aromatic carbocycles. The van der Waals surface area contributed by atoms with Crippen LogP contribution < -0.4 is 0 Å². The summed E-state index contributed by atoms with van der Waals surface area (Å²) < 4.78 is 4.73. The zero-order chi connectivity index (χ0) is 19.2. The first kappa shape index (κ1) is 19.6. The molecule has 4 atom stereocenters. The van der Waals surface area contributed by atoms with Gasteiger partial charge in [-0.05, 0) is 43.5 Å². The van der Waals surface area contributed by atoms with Crippen LogP contribution in [0, 0.1) is 23.7 Å². The number of ether oxygens (including phenoxy) is 1. The van der Waals surface area contributed by atoms with Gasteiger partial charge in [-0.15, -0.1) is 11.3 Å². The zero-order valence-electron chi connectivity index (χ0n) is 15.3. The summed E-state index contributed by atoms with van der Waals surface area (Å²) in [5, 5.41) is 20.7. The Hall–Kier alpha value is -2.13. The lowest BCUT2D eigenvalue weighted by Crippen LogP contribution is -2.21. The number of hydrogen-bond acceptors (Lipinski definition) is 5. The Morgan fingerprint density at radius 3 is 2.70 bits per heavy atom. The van der Waals surface area contributed by atoms with E-state index in [0.717, 1.165) is 29.7 Å². The fourth-order valence-electron chi connectivity index (χ4n) is 3.59. The predicted octanol–water partition coefficient (Wildman–Crippen LogP) is 3.27. The third-order valence-corrected chi connectivity index (χ3v) is 6.14.